The van der Waals surface area contributed by atoms with Gasteiger partial charge in [0.1, 0.15) is 16.5 Å². The van der Waals surface area contributed by atoms with Crippen LogP contribution in [0.3, 0.4) is 0 Å². The Balaban J connectivity index is 2.35. The maximum Gasteiger partial charge on any atom is 0.267 e. The minimum Gasteiger partial charge on any atom is -0.468 e. The predicted molar refractivity (Wildman–Crippen MR) is 64.7 cm³/mol. The van der Waals surface area contributed by atoms with Gasteiger partial charge in [0, 0.05) is 0 Å². The van der Waals surface area contributed by atoms with Crippen LogP contribution in [0, 0.1) is 6.92 Å². The standard InChI is InChI=1S/C11H11N3O2S/c1-6-9(4-5-16-6)17-11-7(12)2-3-8(14-11)10(13)15/h2-5H,12H2,1H3,(H2,13,15). The number of aryl methyl sites for hydroxylation is 1. The van der Waals surface area contributed by atoms with Crippen LogP contribution in [0.15, 0.2) is 38.8 Å². The fourth-order valence-electron chi connectivity index (χ4n) is 1.25. The van der Waals surface area contributed by atoms with Gasteiger partial charge in [-0.15, -0.1) is 0 Å². The van der Waals surface area contributed by atoms with Crippen LogP contribution in [0.2, 0.25) is 0 Å². The van der Waals surface area contributed by atoms with Gasteiger partial charge < -0.3 is 15.9 Å². The zero-order chi connectivity index (χ0) is 12.4. The number of nitrogens with two attached hydrogens (primary N) is 2. The molecule has 0 aliphatic carbocycles. The van der Waals surface area contributed by atoms with Crippen molar-refractivity contribution in [2.75, 3.05) is 5.73 Å². The molecule has 0 atom stereocenters. The van der Waals surface area contributed by atoms with Gasteiger partial charge in [-0.3, -0.25) is 4.79 Å². The molecule has 17 heavy (non-hydrogen) atoms. The summed E-state index contributed by atoms with van der Waals surface area (Å²) in [5.41, 5.74) is 11.7. The van der Waals surface area contributed by atoms with E-state index in [-0.39, 0.29) is 5.69 Å². The molecule has 0 unspecified atom stereocenters. The molecule has 1 amide bonds. The van der Waals surface area contributed by atoms with Gasteiger partial charge in [0.2, 0.25) is 0 Å². The van der Waals surface area contributed by atoms with Crippen molar-refractivity contribution in [3.8, 4) is 0 Å². The third-order valence-corrected chi connectivity index (χ3v) is 3.32. The van der Waals surface area contributed by atoms with Crippen molar-refractivity contribution >= 4 is 23.4 Å². The number of amides is 1. The Bertz CT molecular complexity index is 566. The molecule has 0 aliphatic rings. The van der Waals surface area contributed by atoms with Crippen LogP contribution in [0.4, 0.5) is 5.69 Å². The number of hydrogen-bond acceptors (Lipinski definition) is 5. The maximum atomic E-state index is 11.0. The molecule has 0 fully saturated rings. The van der Waals surface area contributed by atoms with Crippen LogP contribution >= 0.6 is 11.8 Å². The first-order valence-corrected chi connectivity index (χ1v) is 5.68. The number of hydrogen-bond donors (Lipinski definition) is 2. The van der Waals surface area contributed by atoms with Crippen molar-refractivity contribution in [3.05, 3.63) is 35.9 Å². The van der Waals surface area contributed by atoms with Gasteiger partial charge in [-0.05, 0) is 25.1 Å². The molecule has 5 nitrogen and oxygen atoms in total. The van der Waals surface area contributed by atoms with Gasteiger partial charge in [-0.2, -0.15) is 0 Å². The molecule has 0 saturated carbocycles. The third kappa shape index (κ3) is 2.42. The number of carbonyl (C=O) groups is 1. The first-order chi connectivity index (χ1) is 8.08. The summed E-state index contributed by atoms with van der Waals surface area (Å²) >= 11 is 1.34. The molecule has 0 bridgehead atoms. The Morgan fingerprint density at radius 1 is 1.41 bits per heavy atom. The molecule has 0 saturated heterocycles. The van der Waals surface area contributed by atoms with Crippen LogP contribution in [-0.4, -0.2) is 10.9 Å². The van der Waals surface area contributed by atoms with Crippen molar-refractivity contribution in [2.24, 2.45) is 5.73 Å². The van der Waals surface area contributed by atoms with Gasteiger partial charge >= 0.3 is 0 Å². The van der Waals surface area contributed by atoms with E-state index in [1.54, 1.807) is 12.3 Å². The molecule has 0 radical (unpaired) electrons. The average molecular weight is 249 g/mol. The second-order valence-electron chi connectivity index (χ2n) is 3.40. The lowest BCUT2D eigenvalue weighted by Gasteiger charge is -2.04. The molecule has 88 valence electrons. The fourth-order valence-corrected chi connectivity index (χ4v) is 2.11. The molecule has 0 spiro atoms. The molecular formula is C11H11N3O2S. The molecule has 6 heteroatoms. The van der Waals surface area contributed by atoms with Gasteiger partial charge in [0.25, 0.3) is 5.91 Å². The summed E-state index contributed by atoms with van der Waals surface area (Å²) in [6.45, 7) is 1.84. The molecule has 4 N–H and O–H groups in total. The Kier molecular flexibility index (Phi) is 3.06. The van der Waals surface area contributed by atoms with Crippen LogP contribution in [0.1, 0.15) is 16.2 Å². The topological polar surface area (TPSA) is 95.1 Å². The van der Waals surface area contributed by atoms with E-state index in [0.29, 0.717) is 10.7 Å². The summed E-state index contributed by atoms with van der Waals surface area (Å²) < 4.78 is 5.17. The number of carbonyl (C=O) groups excluding carboxylic acids is 1. The number of furan rings is 1. The van der Waals surface area contributed by atoms with E-state index in [2.05, 4.69) is 4.98 Å². The molecule has 2 aromatic rings. The smallest absolute Gasteiger partial charge is 0.267 e. The Morgan fingerprint density at radius 3 is 2.76 bits per heavy atom. The van der Waals surface area contributed by atoms with Crippen molar-refractivity contribution < 1.29 is 9.21 Å². The Hall–Kier alpha value is -1.95. The fraction of sp³-hybridized carbons (Fsp3) is 0.0909. The van der Waals surface area contributed by atoms with Gasteiger partial charge in [0.15, 0.2) is 0 Å². The lowest BCUT2D eigenvalue weighted by Crippen LogP contribution is -2.13. The van der Waals surface area contributed by atoms with E-state index in [1.165, 1.54) is 17.8 Å². The number of pyridine rings is 1. The number of primary amides is 1. The van der Waals surface area contributed by atoms with E-state index < -0.39 is 5.91 Å². The van der Waals surface area contributed by atoms with Crippen LogP contribution in [-0.2, 0) is 0 Å². The highest BCUT2D eigenvalue weighted by Crippen LogP contribution is 2.33. The van der Waals surface area contributed by atoms with Gasteiger partial charge in [0.05, 0.1) is 16.8 Å². The molecule has 0 aliphatic heterocycles. The monoisotopic (exact) mass is 249 g/mol. The second kappa shape index (κ2) is 4.50. The number of nitrogen functional groups attached to an aromatic ring is 1. The lowest BCUT2D eigenvalue weighted by molar-refractivity contribution is 0.0995. The van der Waals surface area contributed by atoms with Gasteiger partial charge in [-0.25, -0.2) is 4.98 Å². The maximum absolute atomic E-state index is 11.0. The number of nitrogens with zero attached hydrogens (tertiary/aromatic N) is 1. The first kappa shape index (κ1) is 11.5. The van der Waals surface area contributed by atoms with Crippen LogP contribution in [0.25, 0.3) is 0 Å². The highest BCUT2D eigenvalue weighted by atomic mass is 32.2. The summed E-state index contributed by atoms with van der Waals surface area (Å²) in [5.74, 6) is 0.205. The number of aromatic nitrogens is 1. The minimum atomic E-state index is -0.573. The second-order valence-corrected chi connectivity index (χ2v) is 4.43. The quantitative estimate of drug-likeness (QED) is 0.865. The molecular weight excluding hydrogens is 238 g/mol. The number of rotatable bonds is 3. The average Bonchev–Trinajstić information content (AvgIpc) is 2.67. The minimum absolute atomic E-state index is 0.197. The van der Waals surface area contributed by atoms with E-state index >= 15 is 0 Å². The van der Waals surface area contributed by atoms with E-state index in [1.807, 2.05) is 13.0 Å². The first-order valence-electron chi connectivity index (χ1n) is 4.86. The highest BCUT2D eigenvalue weighted by Gasteiger charge is 2.11. The van der Waals surface area contributed by atoms with E-state index in [4.69, 9.17) is 15.9 Å². The van der Waals surface area contributed by atoms with E-state index in [9.17, 15) is 4.79 Å². The summed E-state index contributed by atoms with van der Waals surface area (Å²) in [6.07, 6.45) is 1.59. The zero-order valence-electron chi connectivity index (χ0n) is 9.14. The van der Waals surface area contributed by atoms with E-state index in [0.717, 1.165) is 10.7 Å². The van der Waals surface area contributed by atoms with Crippen molar-refractivity contribution in [1.82, 2.24) is 4.98 Å². The van der Waals surface area contributed by atoms with Crippen molar-refractivity contribution in [3.63, 3.8) is 0 Å². The lowest BCUT2D eigenvalue weighted by atomic mass is 10.3. The summed E-state index contributed by atoms with van der Waals surface area (Å²) in [6, 6.07) is 4.94. The van der Waals surface area contributed by atoms with Gasteiger partial charge in [-0.1, -0.05) is 11.8 Å². The molecule has 2 heterocycles. The SMILES string of the molecule is Cc1occc1Sc1nc(C(N)=O)ccc1N. The van der Waals surface area contributed by atoms with Crippen molar-refractivity contribution in [2.45, 2.75) is 16.8 Å². The molecule has 2 rings (SSSR count). The summed E-state index contributed by atoms with van der Waals surface area (Å²) in [5, 5.41) is 0.547. The third-order valence-electron chi connectivity index (χ3n) is 2.16. The Morgan fingerprint density at radius 2 is 2.18 bits per heavy atom. The predicted octanol–water partition coefficient (Wildman–Crippen LogP) is 1.82. The van der Waals surface area contributed by atoms with Crippen LogP contribution < -0.4 is 11.5 Å². The summed E-state index contributed by atoms with van der Waals surface area (Å²) in [7, 11) is 0. The molecule has 2 aromatic heterocycles. The Labute approximate surface area is 102 Å². The largest absolute Gasteiger partial charge is 0.468 e. The van der Waals surface area contributed by atoms with Crippen molar-refractivity contribution in [1.29, 1.82) is 0 Å². The van der Waals surface area contributed by atoms with Crippen LogP contribution in [0.5, 0.6) is 0 Å². The molecule has 0 aromatic carbocycles. The normalized spacial score (nSPS) is 10.4. The summed E-state index contributed by atoms with van der Waals surface area (Å²) in [4.78, 5) is 16.0. The highest BCUT2D eigenvalue weighted by molar-refractivity contribution is 7.99. The number of anilines is 1. The zero-order valence-corrected chi connectivity index (χ0v) is 9.95.